The molecule has 6 nitrogen and oxygen atoms in total. The van der Waals surface area contributed by atoms with Crippen molar-refractivity contribution in [3.05, 3.63) is 34.3 Å². The smallest absolute Gasteiger partial charge is 0.170 e. The zero-order chi connectivity index (χ0) is 14.3. The molecule has 0 saturated heterocycles. The molecule has 1 unspecified atom stereocenters. The van der Waals surface area contributed by atoms with E-state index in [-0.39, 0.29) is 18.5 Å². The van der Waals surface area contributed by atoms with Crippen LogP contribution in [-0.2, 0) is 11.3 Å². The van der Waals surface area contributed by atoms with E-state index in [4.69, 9.17) is 32.4 Å². The average Bonchev–Trinajstić information content (AvgIpc) is 2.43. The molecule has 1 aromatic rings. The molecule has 0 amide bonds. The van der Waals surface area contributed by atoms with Gasteiger partial charge in [0.1, 0.15) is 0 Å². The fourth-order valence-corrected chi connectivity index (χ4v) is 1.79. The van der Waals surface area contributed by atoms with Crippen molar-refractivity contribution in [2.75, 3.05) is 20.3 Å². The molecular formula is C12H18ClN3O3. The Hall–Kier alpha value is -1.34. The third-order valence-corrected chi connectivity index (χ3v) is 2.98. The standard InChI is InChI=1S/C12H18ClN3O3/c1-19-7-10(6-17)15-5-9-3-2-8(4-11(9)13)12(14)16-18/h2-4,10,15,17-18H,5-7H2,1H3,(H2,14,16). The minimum Gasteiger partial charge on any atom is -0.409 e. The van der Waals surface area contributed by atoms with Crippen LogP contribution in [0.2, 0.25) is 5.02 Å². The molecular weight excluding hydrogens is 270 g/mol. The maximum absolute atomic E-state index is 9.12. The first-order chi connectivity index (χ1) is 9.12. The van der Waals surface area contributed by atoms with Gasteiger partial charge in [0.15, 0.2) is 5.84 Å². The molecule has 0 saturated carbocycles. The number of nitrogens with zero attached hydrogens (tertiary/aromatic N) is 1. The maximum Gasteiger partial charge on any atom is 0.170 e. The normalized spacial score (nSPS) is 13.5. The second-order valence-corrected chi connectivity index (χ2v) is 4.41. The topological polar surface area (TPSA) is 100 Å². The highest BCUT2D eigenvalue weighted by Gasteiger charge is 2.09. The van der Waals surface area contributed by atoms with Gasteiger partial charge in [-0.3, -0.25) is 0 Å². The zero-order valence-electron chi connectivity index (χ0n) is 10.6. The molecule has 0 heterocycles. The lowest BCUT2D eigenvalue weighted by Gasteiger charge is -2.16. The predicted octanol–water partition coefficient (Wildman–Crippen LogP) is 0.531. The fourth-order valence-electron chi connectivity index (χ4n) is 1.54. The molecule has 0 aromatic heterocycles. The molecule has 1 rings (SSSR count). The summed E-state index contributed by atoms with van der Waals surface area (Å²) in [5.41, 5.74) is 6.87. The molecule has 0 aliphatic heterocycles. The number of amidine groups is 1. The van der Waals surface area contributed by atoms with E-state index >= 15 is 0 Å². The lowest BCUT2D eigenvalue weighted by Crippen LogP contribution is -2.36. The third kappa shape index (κ3) is 4.68. The minimum absolute atomic E-state index is 0.00836. The van der Waals surface area contributed by atoms with Crippen molar-refractivity contribution < 1.29 is 15.1 Å². The molecule has 1 atom stereocenters. The summed E-state index contributed by atoms with van der Waals surface area (Å²) in [4.78, 5) is 0. The van der Waals surface area contributed by atoms with Gasteiger partial charge in [0.2, 0.25) is 0 Å². The summed E-state index contributed by atoms with van der Waals surface area (Å²) in [6.07, 6.45) is 0. The lowest BCUT2D eigenvalue weighted by atomic mass is 10.1. The van der Waals surface area contributed by atoms with Gasteiger partial charge >= 0.3 is 0 Å². The molecule has 0 spiro atoms. The molecule has 0 aliphatic rings. The molecule has 5 N–H and O–H groups in total. The number of rotatable bonds is 7. The van der Waals surface area contributed by atoms with Crippen molar-refractivity contribution in [3.63, 3.8) is 0 Å². The summed E-state index contributed by atoms with van der Waals surface area (Å²) in [7, 11) is 1.57. The van der Waals surface area contributed by atoms with Crippen LogP contribution in [0.3, 0.4) is 0 Å². The third-order valence-electron chi connectivity index (χ3n) is 2.63. The second kappa shape index (κ2) is 7.96. The Balaban J connectivity index is 2.70. The van der Waals surface area contributed by atoms with Crippen LogP contribution in [0.15, 0.2) is 23.4 Å². The summed E-state index contributed by atoms with van der Waals surface area (Å²) < 4.78 is 4.96. The number of oxime groups is 1. The maximum atomic E-state index is 9.12. The largest absolute Gasteiger partial charge is 0.409 e. The number of nitrogens with two attached hydrogens (primary N) is 1. The summed E-state index contributed by atoms with van der Waals surface area (Å²) in [6.45, 7) is 0.883. The lowest BCUT2D eigenvalue weighted by molar-refractivity contribution is 0.128. The van der Waals surface area contributed by atoms with Crippen LogP contribution in [0.25, 0.3) is 0 Å². The first kappa shape index (κ1) is 15.7. The van der Waals surface area contributed by atoms with Crippen molar-refractivity contribution in [2.45, 2.75) is 12.6 Å². The zero-order valence-corrected chi connectivity index (χ0v) is 11.4. The number of methoxy groups -OCH3 is 1. The summed E-state index contributed by atoms with van der Waals surface area (Å²) in [5.74, 6) is 0.00836. The number of nitrogens with one attached hydrogen (secondary N) is 1. The number of aliphatic hydroxyl groups excluding tert-OH is 1. The monoisotopic (exact) mass is 287 g/mol. The second-order valence-electron chi connectivity index (χ2n) is 4.01. The highest BCUT2D eigenvalue weighted by molar-refractivity contribution is 6.31. The first-order valence-electron chi connectivity index (χ1n) is 5.71. The van der Waals surface area contributed by atoms with Gasteiger partial charge in [0.25, 0.3) is 0 Å². The van der Waals surface area contributed by atoms with E-state index < -0.39 is 0 Å². The predicted molar refractivity (Wildman–Crippen MR) is 73.6 cm³/mol. The molecule has 106 valence electrons. The summed E-state index contributed by atoms with van der Waals surface area (Å²) >= 11 is 6.11. The van der Waals surface area contributed by atoms with E-state index in [0.29, 0.717) is 23.7 Å². The van der Waals surface area contributed by atoms with E-state index in [0.717, 1.165) is 5.56 Å². The minimum atomic E-state index is -0.148. The van der Waals surface area contributed by atoms with Crippen molar-refractivity contribution >= 4 is 17.4 Å². The highest BCUT2D eigenvalue weighted by atomic mass is 35.5. The van der Waals surface area contributed by atoms with Gasteiger partial charge in [-0.05, 0) is 11.6 Å². The van der Waals surface area contributed by atoms with E-state index in [1.165, 1.54) is 0 Å². The summed E-state index contributed by atoms with van der Waals surface area (Å²) in [5, 5.41) is 24.2. The number of aliphatic hydroxyl groups is 1. The van der Waals surface area contributed by atoms with E-state index in [1.807, 2.05) is 0 Å². The van der Waals surface area contributed by atoms with Crippen LogP contribution in [0.5, 0.6) is 0 Å². The van der Waals surface area contributed by atoms with Crippen LogP contribution >= 0.6 is 11.6 Å². The average molecular weight is 288 g/mol. The van der Waals surface area contributed by atoms with Crippen molar-refractivity contribution in [1.82, 2.24) is 5.32 Å². The van der Waals surface area contributed by atoms with Gasteiger partial charge in [-0.1, -0.05) is 28.9 Å². The van der Waals surface area contributed by atoms with Gasteiger partial charge in [-0.2, -0.15) is 0 Å². The Morgan fingerprint density at radius 1 is 1.58 bits per heavy atom. The van der Waals surface area contributed by atoms with Crippen LogP contribution < -0.4 is 11.1 Å². The Labute approximate surface area is 116 Å². The van der Waals surface area contributed by atoms with Crippen molar-refractivity contribution in [2.24, 2.45) is 10.9 Å². The Morgan fingerprint density at radius 2 is 2.32 bits per heavy atom. The summed E-state index contributed by atoms with van der Waals surface area (Å²) in [6, 6.07) is 4.97. The number of halogens is 1. The van der Waals surface area contributed by atoms with E-state index in [1.54, 1.807) is 25.3 Å². The quantitative estimate of drug-likeness (QED) is 0.254. The Bertz CT molecular complexity index is 440. The molecule has 7 heteroatoms. The van der Waals surface area contributed by atoms with Crippen molar-refractivity contribution in [1.29, 1.82) is 0 Å². The number of hydrogen-bond donors (Lipinski definition) is 4. The first-order valence-corrected chi connectivity index (χ1v) is 6.09. The molecule has 1 aromatic carbocycles. The van der Waals surface area contributed by atoms with Gasteiger partial charge in [-0.15, -0.1) is 0 Å². The van der Waals surface area contributed by atoms with Crippen LogP contribution in [0, 0.1) is 0 Å². The molecule has 0 bridgehead atoms. The molecule has 0 aliphatic carbocycles. The molecule has 0 fully saturated rings. The van der Waals surface area contributed by atoms with Gasteiger partial charge < -0.3 is 26.1 Å². The molecule has 19 heavy (non-hydrogen) atoms. The fraction of sp³-hybridized carbons (Fsp3) is 0.417. The highest BCUT2D eigenvalue weighted by Crippen LogP contribution is 2.18. The van der Waals surface area contributed by atoms with Gasteiger partial charge in [-0.25, -0.2) is 0 Å². The Morgan fingerprint density at radius 3 is 2.84 bits per heavy atom. The van der Waals surface area contributed by atoms with E-state index in [2.05, 4.69) is 10.5 Å². The number of benzene rings is 1. The van der Waals surface area contributed by atoms with Gasteiger partial charge in [0.05, 0.1) is 19.3 Å². The SMILES string of the molecule is COCC(CO)NCc1ccc(/C(N)=N/O)cc1Cl. The van der Waals surface area contributed by atoms with E-state index in [9.17, 15) is 0 Å². The van der Waals surface area contributed by atoms with Gasteiger partial charge in [0, 0.05) is 24.2 Å². The van der Waals surface area contributed by atoms with Crippen LogP contribution in [0.4, 0.5) is 0 Å². The Kier molecular flexibility index (Phi) is 6.58. The van der Waals surface area contributed by atoms with Crippen molar-refractivity contribution in [3.8, 4) is 0 Å². The van der Waals surface area contributed by atoms with Crippen LogP contribution in [-0.4, -0.2) is 42.5 Å². The number of hydrogen-bond acceptors (Lipinski definition) is 5. The van der Waals surface area contributed by atoms with Crippen LogP contribution in [0.1, 0.15) is 11.1 Å². The number of ether oxygens (including phenoxy) is 1. The molecule has 0 radical (unpaired) electrons.